The number of hydrogen-bond acceptors (Lipinski definition) is 6. The van der Waals surface area contributed by atoms with E-state index in [4.69, 9.17) is 4.74 Å². The maximum Gasteiger partial charge on any atom is 0.436 e. The smallest absolute Gasteiger partial charge is 0.377 e. The average Bonchev–Trinajstić information content (AvgIpc) is 3.35. The molecule has 13 heteroatoms. The highest BCUT2D eigenvalue weighted by atomic mass is 19.4. The van der Waals surface area contributed by atoms with Gasteiger partial charge in [0.25, 0.3) is 5.91 Å². The number of halogens is 4. The first-order valence-electron chi connectivity index (χ1n) is 8.91. The summed E-state index contributed by atoms with van der Waals surface area (Å²) in [6.07, 6.45) is -2.68. The minimum atomic E-state index is -5.01. The first kappa shape index (κ1) is 18.7. The van der Waals surface area contributed by atoms with Crippen LogP contribution in [0, 0.1) is 5.82 Å². The summed E-state index contributed by atoms with van der Waals surface area (Å²) in [6.45, 7) is 0.432. The van der Waals surface area contributed by atoms with E-state index in [1.54, 1.807) is 16.8 Å². The third-order valence-electron chi connectivity index (χ3n) is 5.15. The largest absolute Gasteiger partial charge is 0.436 e. The molecule has 0 aliphatic carbocycles. The zero-order chi connectivity index (χ0) is 21.0. The van der Waals surface area contributed by atoms with Crippen molar-refractivity contribution in [2.24, 2.45) is 0 Å². The third-order valence-corrected chi connectivity index (χ3v) is 5.15. The lowest BCUT2D eigenvalue weighted by Gasteiger charge is -2.45. The van der Waals surface area contributed by atoms with Gasteiger partial charge in [-0.05, 0) is 12.1 Å². The van der Waals surface area contributed by atoms with Crippen molar-refractivity contribution in [1.82, 2.24) is 34.8 Å². The van der Waals surface area contributed by atoms with Gasteiger partial charge in [-0.3, -0.25) is 9.89 Å². The molecule has 3 aromatic rings. The molecule has 0 radical (unpaired) electrons. The number of nitrogens with one attached hydrogen (secondary N) is 1. The van der Waals surface area contributed by atoms with E-state index >= 15 is 0 Å². The summed E-state index contributed by atoms with van der Waals surface area (Å²) in [4.78, 5) is 17.5. The molecule has 0 aromatic carbocycles. The monoisotopic (exact) mass is 423 g/mol. The van der Waals surface area contributed by atoms with E-state index in [9.17, 15) is 22.4 Å². The van der Waals surface area contributed by atoms with Crippen LogP contribution in [0.5, 0.6) is 0 Å². The minimum absolute atomic E-state index is 0.0577. The molecule has 5 rings (SSSR count). The molecule has 9 nitrogen and oxygen atoms in total. The standard InChI is InChI=1S/C17H13F4N7O2/c18-12-9(1-3-22-13(12)17(19,20)21)16(29)28-8-5-27-14(10-2-4-23-24-10)25-26-15(27)11(28)7-30-6-8/h1-4,8,11H,5-7H2,(H,23,24). The zero-order valence-corrected chi connectivity index (χ0v) is 15.1. The molecule has 5 heterocycles. The molecule has 1 fully saturated rings. The lowest BCUT2D eigenvalue weighted by molar-refractivity contribution is -0.143. The molecule has 2 bridgehead atoms. The third kappa shape index (κ3) is 2.76. The number of H-pyrrole nitrogens is 1. The van der Waals surface area contributed by atoms with Crippen molar-refractivity contribution in [3.63, 3.8) is 0 Å². The first-order valence-corrected chi connectivity index (χ1v) is 8.91. The van der Waals surface area contributed by atoms with Crippen LogP contribution in [-0.4, -0.2) is 60.0 Å². The van der Waals surface area contributed by atoms with E-state index in [1.165, 1.54) is 4.90 Å². The summed E-state index contributed by atoms with van der Waals surface area (Å²) in [5.41, 5.74) is -1.80. The van der Waals surface area contributed by atoms with Gasteiger partial charge in [0.15, 0.2) is 23.2 Å². The second-order valence-electron chi connectivity index (χ2n) is 6.90. The Morgan fingerprint density at radius 1 is 1.20 bits per heavy atom. The summed E-state index contributed by atoms with van der Waals surface area (Å²) in [7, 11) is 0. The molecule has 30 heavy (non-hydrogen) atoms. The number of aromatic amines is 1. The Labute approximate surface area is 165 Å². The number of morpholine rings is 1. The first-order chi connectivity index (χ1) is 14.4. The number of aromatic nitrogens is 6. The van der Waals surface area contributed by atoms with Crippen LogP contribution in [0.15, 0.2) is 24.5 Å². The number of nitrogens with zero attached hydrogens (tertiary/aromatic N) is 6. The molecule has 1 saturated heterocycles. The number of alkyl halides is 3. The van der Waals surface area contributed by atoms with Gasteiger partial charge in [-0.25, -0.2) is 9.37 Å². The maximum atomic E-state index is 14.5. The van der Waals surface area contributed by atoms with Gasteiger partial charge in [-0.2, -0.15) is 18.3 Å². The van der Waals surface area contributed by atoms with Crippen LogP contribution in [0.2, 0.25) is 0 Å². The molecule has 1 amide bonds. The van der Waals surface area contributed by atoms with Crippen LogP contribution in [0.3, 0.4) is 0 Å². The summed E-state index contributed by atoms with van der Waals surface area (Å²) in [6, 6.07) is 1.39. The average molecular weight is 423 g/mol. The number of fused-ring (bicyclic) bond motifs is 4. The number of hydrogen-bond donors (Lipinski definition) is 1. The lowest BCUT2D eigenvalue weighted by atomic mass is 10.0. The van der Waals surface area contributed by atoms with Gasteiger partial charge >= 0.3 is 6.18 Å². The van der Waals surface area contributed by atoms with Gasteiger partial charge in [0.1, 0.15) is 11.7 Å². The zero-order valence-electron chi connectivity index (χ0n) is 15.1. The van der Waals surface area contributed by atoms with Crippen molar-refractivity contribution >= 4 is 5.91 Å². The molecule has 2 atom stereocenters. The summed E-state index contributed by atoms with van der Waals surface area (Å²) >= 11 is 0. The highest BCUT2D eigenvalue weighted by molar-refractivity contribution is 5.95. The van der Waals surface area contributed by atoms with Gasteiger partial charge < -0.3 is 14.2 Å². The molecular formula is C17H13F4N7O2. The minimum Gasteiger partial charge on any atom is -0.377 e. The van der Waals surface area contributed by atoms with Crippen molar-refractivity contribution in [3.05, 3.63) is 47.4 Å². The fourth-order valence-electron chi connectivity index (χ4n) is 3.86. The van der Waals surface area contributed by atoms with Crippen molar-refractivity contribution in [2.75, 3.05) is 13.2 Å². The SMILES string of the molecule is O=C(c1ccnc(C(F)(F)F)c1F)N1C2COCC1c1nnc(-c3ccn[nH]3)n1C2. The molecule has 156 valence electrons. The number of pyridine rings is 1. The van der Waals surface area contributed by atoms with Crippen molar-refractivity contribution in [1.29, 1.82) is 0 Å². The Morgan fingerprint density at radius 3 is 2.77 bits per heavy atom. The van der Waals surface area contributed by atoms with Gasteiger partial charge in [0.2, 0.25) is 0 Å². The molecule has 1 N–H and O–H groups in total. The van der Waals surface area contributed by atoms with Gasteiger partial charge in [-0.1, -0.05) is 0 Å². The molecule has 0 spiro atoms. The predicted molar refractivity (Wildman–Crippen MR) is 90.3 cm³/mol. The molecule has 3 aromatic heterocycles. The van der Waals surface area contributed by atoms with Crippen LogP contribution in [0.25, 0.3) is 11.5 Å². The molecular weight excluding hydrogens is 410 g/mol. The van der Waals surface area contributed by atoms with E-state index in [2.05, 4.69) is 25.4 Å². The number of carbonyl (C=O) groups excluding carboxylic acids is 1. The fraction of sp³-hybridized carbons (Fsp3) is 0.353. The molecule has 2 aliphatic heterocycles. The van der Waals surface area contributed by atoms with Crippen molar-refractivity contribution in [2.45, 2.75) is 24.8 Å². The van der Waals surface area contributed by atoms with Crippen LogP contribution in [0.4, 0.5) is 17.6 Å². The van der Waals surface area contributed by atoms with Crippen LogP contribution in [0.1, 0.15) is 27.9 Å². The Kier molecular flexibility index (Phi) is 4.10. The van der Waals surface area contributed by atoms with E-state index in [0.717, 1.165) is 12.3 Å². The fourth-order valence-corrected chi connectivity index (χ4v) is 3.86. The summed E-state index contributed by atoms with van der Waals surface area (Å²) < 4.78 is 60.9. The molecule has 2 unspecified atom stereocenters. The maximum absolute atomic E-state index is 14.5. The van der Waals surface area contributed by atoms with Gasteiger partial charge in [0.05, 0.1) is 24.8 Å². The Balaban J connectivity index is 1.55. The summed E-state index contributed by atoms with van der Waals surface area (Å²) in [5, 5.41) is 15.0. The highest BCUT2D eigenvalue weighted by Gasteiger charge is 2.45. The normalized spacial score (nSPS) is 20.9. The van der Waals surface area contributed by atoms with E-state index < -0.39 is 41.2 Å². The van der Waals surface area contributed by atoms with Crippen molar-refractivity contribution < 1.29 is 27.1 Å². The second kappa shape index (κ2) is 6.58. The molecule has 0 saturated carbocycles. The second-order valence-corrected chi connectivity index (χ2v) is 6.90. The number of carbonyl (C=O) groups is 1. The Hall–Kier alpha value is -3.35. The molecule has 2 aliphatic rings. The quantitative estimate of drug-likeness (QED) is 0.631. The lowest BCUT2D eigenvalue weighted by Crippen LogP contribution is -2.56. The number of ether oxygens (including phenoxy) is 1. The number of amides is 1. The predicted octanol–water partition coefficient (Wildman–Crippen LogP) is 1.82. The van der Waals surface area contributed by atoms with Crippen LogP contribution >= 0.6 is 0 Å². The van der Waals surface area contributed by atoms with E-state index in [1.807, 2.05) is 0 Å². The van der Waals surface area contributed by atoms with E-state index in [-0.39, 0.29) is 19.8 Å². The Morgan fingerprint density at radius 2 is 2.03 bits per heavy atom. The Bertz CT molecular complexity index is 1110. The topological polar surface area (TPSA) is 102 Å². The van der Waals surface area contributed by atoms with E-state index in [0.29, 0.717) is 17.3 Å². The van der Waals surface area contributed by atoms with Gasteiger partial charge in [0, 0.05) is 18.9 Å². The van der Waals surface area contributed by atoms with Crippen LogP contribution < -0.4 is 0 Å². The van der Waals surface area contributed by atoms with Crippen molar-refractivity contribution in [3.8, 4) is 11.5 Å². The summed E-state index contributed by atoms with van der Waals surface area (Å²) in [5.74, 6) is -1.66. The highest BCUT2D eigenvalue weighted by Crippen LogP contribution is 2.37. The van der Waals surface area contributed by atoms with Crippen LogP contribution in [-0.2, 0) is 17.5 Å². The van der Waals surface area contributed by atoms with Gasteiger partial charge in [-0.15, -0.1) is 10.2 Å². The number of rotatable bonds is 2.